The molecule has 1 aromatic heterocycles. The number of hydrogen-bond donors (Lipinski definition) is 1. The number of carbonyl (C=O) groups is 1. The number of amides is 1. The number of aromatic nitrogens is 2. The average Bonchev–Trinajstić information content (AvgIpc) is 3.15. The van der Waals surface area contributed by atoms with Crippen molar-refractivity contribution in [3.63, 3.8) is 0 Å². The summed E-state index contributed by atoms with van der Waals surface area (Å²) in [5, 5.41) is 2.85. The fourth-order valence-electron chi connectivity index (χ4n) is 4.82. The van der Waals surface area contributed by atoms with Gasteiger partial charge in [-0.3, -0.25) is 19.5 Å². The van der Waals surface area contributed by atoms with Gasteiger partial charge in [-0.1, -0.05) is 48.5 Å². The molecule has 1 unspecified atom stereocenters. The lowest BCUT2D eigenvalue weighted by molar-refractivity contribution is 0.0214. The van der Waals surface area contributed by atoms with Gasteiger partial charge < -0.3 is 14.4 Å². The van der Waals surface area contributed by atoms with E-state index in [0.29, 0.717) is 17.6 Å². The number of nitrogens with one attached hydrogen (secondary N) is 1. The summed E-state index contributed by atoms with van der Waals surface area (Å²) in [4.78, 5) is 29.3. The Morgan fingerprint density at radius 1 is 1.14 bits per heavy atom. The Morgan fingerprint density at radius 2 is 1.81 bits per heavy atom. The zero-order valence-electron chi connectivity index (χ0n) is 20.9. The van der Waals surface area contributed by atoms with Crippen molar-refractivity contribution in [2.24, 2.45) is 7.05 Å². The van der Waals surface area contributed by atoms with E-state index in [1.54, 1.807) is 16.7 Å². The molecule has 1 fully saturated rings. The van der Waals surface area contributed by atoms with E-state index in [1.165, 1.54) is 0 Å². The topological polar surface area (TPSA) is 79.8 Å². The molecule has 1 amide bonds. The Kier molecular flexibility index (Phi) is 8.53. The van der Waals surface area contributed by atoms with Crippen LogP contribution in [-0.4, -0.2) is 58.5 Å². The minimum absolute atomic E-state index is 0.0983. The number of likely N-dealkylation sites (tertiary alicyclic amines) is 1. The molecule has 0 aliphatic carbocycles. The number of nitrogens with zero attached hydrogens (tertiary/aromatic N) is 3. The van der Waals surface area contributed by atoms with Gasteiger partial charge in [0, 0.05) is 32.2 Å². The van der Waals surface area contributed by atoms with E-state index in [0.717, 1.165) is 48.5 Å². The third kappa shape index (κ3) is 5.68. The summed E-state index contributed by atoms with van der Waals surface area (Å²) in [7, 11) is 3.49. The fraction of sp³-hybridized carbons (Fsp3) is 0.407. The van der Waals surface area contributed by atoms with Gasteiger partial charge in [0.25, 0.3) is 5.56 Å². The minimum Gasteiger partial charge on any atom is -0.496 e. The molecule has 192 valence electrons. The van der Waals surface area contributed by atoms with Crippen LogP contribution in [0, 0.1) is 0 Å². The first-order valence-electron chi connectivity index (χ1n) is 12.2. The predicted octanol–water partition coefficient (Wildman–Crippen LogP) is 4.70. The Labute approximate surface area is 219 Å². The number of rotatable bonds is 8. The molecule has 2 heterocycles. The van der Waals surface area contributed by atoms with E-state index in [1.807, 2.05) is 56.4 Å². The molecular formula is C27H33BrN4O4. The SMILES string of the molecule is CCN(Cc1ccccc1OC)C(=O)OC1CCN(C(c2ccccc2)c2c(Br)c(=O)[nH]n2C)CC1. The summed E-state index contributed by atoms with van der Waals surface area (Å²) in [6.07, 6.45) is 0.974. The molecule has 2 aromatic carbocycles. The minimum atomic E-state index is -0.308. The highest BCUT2D eigenvalue weighted by Crippen LogP contribution is 2.34. The quantitative estimate of drug-likeness (QED) is 0.435. The summed E-state index contributed by atoms with van der Waals surface area (Å²) in [5.41, 5.74) is 2.79. The highest BCUT2D eigenvalue weighted by atomic mass is 79.9. The molecule has 0 saturated carbocycles. The highest BCUT2D eigenvalue weighted by molar-refractivity contribution is 9.10. The average molecular weight is 557 g/mol. The van der Waals surface area contributed by atoms with Crippen LogP contribution in [0.15, 0.2) is 63.9 Å². The number of methoxy groups -OCH3 is 1. The number of benzene rings is 2. The number of aromatic amines is 1. The second-order valence-corrected chi connectivity index (χ2v) is 9.75. The molecule has 1 aliphatic heterocycles. The van der Waals surface area contributed by atoms with Crippen molar-refractivity contribution >= 4 is 22.0 Å². The Balaban J connectivity index is 1.43. The van der Waals surface area contributed by atoms with Gasteiger partial charge in [-0.25, -0.2) is 4.79 Å². The Hall–Kier alpha value is -3.04. The van der Waals surface area contributed by atoms with Gasteiger partial charge in [-0.2, -0.15) is 0 Å². The molecule has 0 spiro atoms. The van der Waals surface area contributed by atoms with E-state index in [4.69, 9.17) is 9.47 Å². The number of hydrogen-bond acceptors (Lipinski definition) is 5. The van der Waals surface area contributed by atoms with Gasteiger partial charge in [-0.05, 0) is 47.3 Å². The first-order valence-corrected chi connectivity index (χ1v) is 13.0. The second-order valence-electron chi connectivity index (χ2n) is 8.96. The summed E-state index contributed by atoms with van der Waals surface area (Å²) in [5.74, 6) is 0.759. The van der Waals surface area contributed by atoms with Crippen LogP contribution >= 0.6 is 15.9 Å². The Morgan fingerprint density at radius 3 is 2.42 bits per heavy atom. The Bertz CT molecular complexity index is 1220. The van der Waals surface area contributed by atoms with Gasteiger partial charge in [0.05, 0.1) is 25.4 Å². The molecule has 0 radical (unpaired) electrons. The molecule has 9 heteroatoms. The zero-order valence-corrected chi connectivity index (χ0v) is 22.5. The maximum Gasteiger partial charge on any atom is 0.410 e. The third-order valence-electron chi connectivity index (χ3n) is 6.73. The molecule has 0 bridgehead atoms. The molecule has 1 saturated heterocycles. The first kappa shape index (κ1) is 26.0. The number of piperidine rings is 1. The molecule has 8 nitrogen and oxygen atoms in total. The van der Waals surface area contributed by atoms with Gasteiger partial charge in [0.15, 0.2) is 0 Å². The van der Waals surface area contributed by atoms with E-state index in [9.17, 15) is 9.59 Å². The fourth-order valence-corrected chi connectivity index (χ4v) is 5.39. The zero-order chi connectivity index (χ0) is 25.7. The number of H-pyrrole nitrogens is 1. The van der Waals surface area contributed by atoms with E-state index < -0.39 is 0 Å². The molecule has 3 aromatic rings. The van der Waals surface area contributed by atoms with Crippen molar-refractivity contribution in [1.82, 2.24) is 19.6 Å². The van der Waals surface area contributed by atoms with E-state index in [2.05, 4.69) is 38.1 Å². The smallest absolute Gasteiger partial charge is 0.410 e. The van der Waals surface area contributed by atoms with Crippen LogP contribution in [0.2, 0.25) is 0 Å². The molecule has 36 heavy (non-hydrogen) atoms. The number of halogens is 1. The molecule has 4 rings (SSSR count). The summed E-state index contributed by atoms with van der Waals surface area (Å²) in [6.45, 7) is 4.40. The monoisotopic (exact) mass is 556 g/mol. The van der Waals surface area contributed by atoms with Crippen LogP contribution in [0.3, 0.4) is 0 Å². The molecule has 1 aliphatic rings. The maximum absolute atomic E-state index is 13.0. The first-order chi connectivity index (χ1) is 17.4. The standard InChI is InChI=1S/C27H33BrN4O4/c1-4-31(18-20-12-8-9-13-22(20)35-3)27(34)36-21-14-16-32(17-15-21)24(19-10-6-5-7-11-19)25-23(28)26(33)29-30(25)2/h5-13,21,24H,4,14-18H2,1-3H3,(H,29,33). The lowest BCUT2D eigenvalue weighted by atomic mass is 9.98. The van der Waals surface area contributed by atoms with Crippen molar-refractivity contribution in [1.29, 1.82) is 0 Å². The van der Waals surface area contributed by atoms with E-state index in [-0.39, 0.29) is 23.8 Å². The lowest BCUT2D eigenvalue weighted by Gasteiger charge is -2.38. The second kappa shape index (κ2) is 11.8. The highest BCUT2D eigenvalue weighted by Gasteiger charge is 2.33. The van der Waals surface area contributed by atoms with Gasteiger partial charge in [-0.15, -0.1) is 0 Å². The van der Waals surface area contributed by atoms with Gasteiger partial charge in [0.2, 0.25) is 0 Å². The number of aryl methyl sites for hydroxylation is 1. The van der Waals surface area contributed by atoms with Crippen molar-refractivity contribution in [3.8, 4) is 5.75 Å². The maximum atomic E-state index is 13.0. The largest absolute Gasteiger partial charge is 0.496 e. The number of ether oxygens (including phenoxy) is 2. The molecule has 1 atom stereocenters. The van der Waals surface area contributed by atoms with Gasteiger partial charge >= 0.3 is 6.09 Å². The van der Waals surface area contributed by atoms with Crippen LogP contribution in [0.5, 0.6) is 5.75 Å². The predicted molar refractivity (Wildman–Crippen MR) is 142 cm³/mol. The number of carbonyl (C=O) groups excluding carboxylic acids is 1. The summed E-state index contributed by atoms with van der Waals surface area (Å²) in [6, 6.07) is 17.8. The molecular weight excluding hydrogens is 524 g/mol. The summed E-state index contributed by atoms with van der Waals surface area (Å²) < 4.78 is 13.7. The van der Waals surface area contributed by atoms with Crippen molar-refractivity contribution in [2.45, 2.75) is 38.5 Å². The van der Waals surface area contributed by atoms with Crippen LogP contribution in [0.4, 0.5) is 4.79 Å². The van der Waals surface area contributed by atoms with Crippen molar-refractivity contribution in [3.05, 3.63) is 86.2 Å². The van der Waals surface area contributed by atoms with Gasteiger partial charge in [0.1, 0.15) is 16.3 Å². The lowest BCUT2D eigenvalue weighted by Crippen LogP contribution is -2.42. The molecule has 1 N–H and O–H groups in total. The van der Waals surface area contributed by atoms with Crippen LogP contribution in [0.1, 0.15) is 42.6 Å². The van der Waals surface area contributed by atoms with Crippen LogP contribution in [0.25, 0.3) is 0 Å². The third-order valence-corrected chi connectivity index (χ3v) is 7.50. The van der Waals surface area contributed by atoms with Crippen LogP contribution in [-0.2, 0) is 18.3 Å². The van der Waals surface area contributed by atoms with Crippen LogP contribution < -0.4 is 10.3 Å². The normalized spacial score (nSPS) is 15.4. The van der Waals surface area contributed by atoms with E-state index >= 15 is 0 Å². The number of para-hydroxylation sites is 1. The van der Waals surface area contributed by atoms with Crippen molar-refractivity contribution in [2.75, 3.05) is 26.7 Å². The summed E-state index contributed by atoms with van der Waals surface area (Å²) >= 11 is 3.50. The van der Waals surface area contributed by atoms with Crippen molar-refractivity contribution < 1.29 is 14.3 Å².